The Hall–Kier alpha value is -3.45. The largest absolute Gasteiger partial charge is 0.381 e. The number of carbonyl (C=O) groups is 2. The highest BCUT2D eigenvalue weighted by Gasteiger charge is 2.23. The zero-order valence-corrected chi connectivity index (χ0v) is 17.3. The molecule has 1 fully saturated rings. The van der Waals surface area contributed by atoms with Gasteiger partial charge in [0, 0.05) is 18.7 Å². The first-order valence-electron chi connectivity index (χ1n) is 10.5. The van der Waals surface area contributed by atoms with E-state index < -0.39 is 0 Å². The number of aromatic nitrogens is 2. The molecule has 1 unspecified atom stereocenters. The van der Waals surface area contributed by atoms with Crippen LogP contribution in [0.2, 0.25) is 0 Å². The van der Waals surface area contributed by atoms with Crippen LogP contribution in [-0.2, 0) is 16.0 Å². The molecule has 1 aromatic heterocycles. The van der Waals surface area contributed by atoms with E-state index in [0.29, 0.717) is 31.0 Å². The van der Waals surface area contributed by atoms with Gasteiger partial charge in [-0.3, -0.25) is 9.59 Å². The Morgan fingerprint density at radius 2 is 1.90 bits per heavy atom. The van der Waals surface area contributed by atoms with Crippen molar-refractivity contribution in [3.8, 4) is 5.69 Å². The van der Waals surface area contributed by atoms with Crippen molar-refractivity contribution in [3.63, 3.8) is 0 Å². The molecule has 2 N–H and O–H groups in total. The number of nitrogens with one attached hydrogen (secondary N) is 2. The van der Waals surface area contributed by atoms with Crippen molar-refractivity contribution in [1.82, 2.24) is 15.1 Å². The molecule has 2 amide bonds. The molecule has 2 aromatic carbocycles. The average molecular weight is 418 g/mol. The second-order valence-electron chi connectivity index (χ2n) is 7.62. The van der Waals surface area contributed by atoms with Gasteiger partial charge < -0.3 is 15.4 Å². The molecule has 1 atom stereocenters. The van der Waals surface area contributed by atoms with Crippen molar-refractivity contribution < 1.29 is 14.3 Å². The lowest BCUT2D eigenvalue weighted by Gasteiger charge is -2.07. The Morgan fingerprint density at radius 3 is 2.65 bits per heavy atom. The fourth-order valence-electron chi connectivity index (χ4n) is 3.52. The number of anilines is 1. The lowest BCUT2D eigenvalue weighted by Crippen LogP contribution is -2.24. The van der Waals surface area contributed by atoms with Gasteiger partial charge in [-0.1, -0.05) is 30.3 Å². The standard InChI is InChI=1S/C24H26N4O3/c29-23(25-13-4-7-18-5-2-1-3-6-18)19-8-10-22(11-9-19)28-16-21(15-26-28)27-24(30)20-12-14-31-17-20/h1-3,5-6,8-11,15-16,20H,4,7,12-14,17H2,(H,25,29)(H,27,30). The third kappa shape index (κ3) is 5.58. The van der Waals surface area contributed by atoms with Crippen LogP contribution in [0.1, 0.15) is 28.8 Å². The second kappa shape index (κ2) is 10.0. The van der Waals surface area contributed by atoms with E-state index in [2.05, 4.69) is 27.9 Å². The Balaban J connectivity index is 1.27. The number of benzene rings is 2. The van der Waals surface area contributed by atoms with Gasteiger partial charge in [-0.15, -0.1) is 0 Å². The van der Waals surface area contributed by atoms with Crippen LogP contribution in [0.4, 0.5) is 5.69 Å². The molecule has 4 rings (SSSR count). The Labute approximate surface area is 181 Å². The summed E-state index contributed by atoms with van der Waals surface area (Å²) in [4.78, 5) is 24.6. The maximum Gasteiger partial charge on any atom is 0.251 e. The number of amides is 2. The first-order valence-corrected chi connectivity index (χ1v) is 10.5. The summed E-state index contributed by atoms with van der Waals surface area (Å²) in [6, 6.07) is 17.5. The van der Waals surface area contributed by atoms with E-state index in [-0.39, 0.29) is 17.7 Å². The molecule has 0 bridgehead atoms. The van der Waals surface area contributed by atoms with E-state index in [1.807, 2.05) is 30.3 Å². The summed E-state index contributed by atoms with van der Waals surface area (Å²) in [6.45, 7) is 1.73. The third-order valence-electron chi connectivity index (χ3n) is 5.32. The highest BCUT2D eigenvalue weighted by atomic mass is 16.5. The second-order valence-corrected chi connectivity index (χ2v) is 7.62. The summed E-state index contributed by atoms with van der Waals surface area (Å²) in [5.41, 5.74) is 3.32. The molecule has 31 heavy (non-hydrogen) atoms. The maximum atomic E-state index is 12.4. The first kappa shape index (κ1) is 20.8. The van der Waals surface area contributed by atoms with Gasteiger partial charge in [0.15, 0.2) is 0 Å². The Morgan fingerprint density at radius 1 is 1.10 bits per heavy atom. The Kier molecular flexibility index (Phi) is 6.74. The quantitative estimate of drug-likeness (QED) is 0.550. The fourth-order valence-corrected chi connectivity index (χ4v) is 3.52. The lowest BCUT2D eigenvalue weighted by atomic mass is 10.1. The number of ether oxygens (including phenoxy) is 1. The molecule has 7 nitrogen and oxygen atoms in total. The van der Waals surface area contributed by atoms with Crippen molar-refractivity contribution in [2.24, 2.45) is 5.92 Å². The predicted octanol–water partition coefficient (Wildman–Crippen LogP) is 3.21. The van der Waals surface area contributed by atoms with E-state index in [1.165, 1.54) is 5.56 Å². The van der Waals surface area contributed by atoms with Crippen molar-refractivity contribution in [3.05, 3.63) is 78.1 Å². The van der Waals surface area contributed by atoms with Gasteiger partial charge in [0.05, 0.1) is 36.3 Å². The normalized spacial score (nSPS) is 15.5. The van der Waals surface area contributed by atoms with Crippen molar-refractivity contribution >= 4 is 17.5 Å². The van der Waals surface area contributed by atoms with E-state index in [4.69, 9.17) is 4.74 Å². The van der Waals surface area contributed by atoms with Gasteiger partial charge in [0.1, 0.15) is 0 Å². The smallest absolute Gasteiger partial charge is 0.251 e. The van der Waals surface area contributed by atoms with Crippen LogP contribution in [0.5, 0.6) is 0 Å². The van der Waals surface area contributed by atoms with Crippen LogP contribution in [0, 0.1) is 5.92 Å². The highest BCUT2D eigenvalue weighted by molar-refractivity contribution is 5.94. The SMILES string of the molecule is O=C(NCCCc1ccccc1)c1ccc(-n2cc(NC(=O)C3CCOC3)cn2)cc1. The van der Waals surface area contributed by atoms with E-state index in [9.17, 15) is 9.59 Å². The maximum absolute atomic E-state index is 12.4. The molecule has 0 radical (unpaired) electrons. The molecule has 0 spiro atoms. The summed E-state index contributed by atoms with van der Waals surface area (Å²) in [5, 5.41) is 10.1. The summed E-state index contributed by atoms with van der Waals surface area (Å²) < 4.78 is 6.93. The molecule has 0 saturated carbocycles. The van der Waals surface area contributed by atoms with Gasteiger partial charge in [0.2, 0.25) is 5.91 Å². The van der Waals surface area contributed by atoms with E-state index in [0.717, 1.165) is 24.9 Å². The summed E-state index contributed by atoms with van der Waals surface area (Å²) >= 11 is 0. The number of hydrogen-bond acceptors (Lipinski definition) is 4. The monoisotopic (exact) mass is 418 g/mol. The topological polar surface area (TPSA) is 85.2 Å². The molecule has 1 saturated heterocycles. The zero-order valence-electron chi connectivity index (χ0n) is 17.3. The number of nitrogens with zero attached hydrogens (tertiary/aromatic N) is 2. The summed E-state index contributed by atoms with van der Waals surface area (Å²) in [6.07, 6.45) is 5.94. The van der Waals surface area contributed by atoms with Gasteiger partial charge >= 0.3 is 0 Å². The molecule has 1 aliphatic heterocycles. The number of rotatable bonds is 8. The molecule has 1 aliphatic rings. The number of hydrogen-bond donors (Lipinski definition) is 2. The lowest BCUT2D eigenvalue weighted by molar-refractivity contribution is -0.119. The minimum absolute atomic E-state index is 0.0451. The van der Waals surface area contributed by atoms with Gasteiger partial charge in [-0.05, 0) is 49.1 Å². The van der Waals surface area contributed by atoms with Crippen molar-refractivity contribution in [1.29, 1.82) is 0 Å². The molecule has 7 heteroatoms. The van der Waals surface area contributed by atoms with Crippen LogP contribution in [0.15, 0.2) is 67.0 Å². The molecule has 0 aliphatic carbocycles. The van der Waals surface area contributed by atoms with Gasteiger partial charge in [-0.25, -0.2) is 4.68 Å². The minimum Gasteiger partial charge on any atom is -0.381 e. The van der Waals surface area contributed by atoms with Crippen LogP contribution in [-0.4, -0.2) is 41.4 Å². The molecular formula is C24H26N4O3. The van der Waals surface area contributed by atoms with Crippen LogP contribution in [0.25, 0.3) is 5.69 Å². The van der Waals surface area contributed by atoms with Crippen molar-refractivity contribution in [2.45, 2.75) is 19.3 Å². The minimum atomic E-state index is -0.103. The average Bonchev–Trinajstić information content (AvgIpc) is 3.50. The predicted molar refractivity (Wildman–Crippen MR) is 118 cm³/mol. The van der Waals surface area contributed by atoms with Crippen LogP contribution >= 0.6 is 0 Å². The molecule has 160 valence electrons. The van der Waals surface area contributed by atoms with Crippen LogP contribution < -0.4 is 10.6 Å². The van der Waals surface area contributed by atoms with Gasteiger partial charge in [0.25, 0.3) is 5.91 Å². The Bertz CT molecular complexity index is 1010. The molecular weight excluding hydrogens is 392 g/mol. The van der Waals surface area contributed by atoms with Crippen molar-refractivity contribution in [2.75, 3.05) is 25.1 Å². The molecule has 2 heterocycles. The van der Waals surface area contributed by atoms with E-state index in [1.54, 1.807) is 29.2 Å². The number of aryl methyl sites for hydroxylation is 1. The summed E-state index contributed by atoms with van der Waals surface area (Å²) in [5.74, 6) is -0.239. The summed E-state index contributed by atoms with van der Waals surface area (Å²) in [7, 11) is 0. The third-order valence-corrected chi connectivity index (χ3v) is 5.32. The molecule has 3 aromatic rings. The van der Waals surface area contributed by atoms with Gasteiger partial charge in [-0.2, -0.15) is 5.10 Å². The highest BCUT2D eigenvalue weighted by Crippen LogP contribution is 2.17. The zero-order chi connectivity index (χ0) is 21.5. The van der Waals surface area contributed by atoms with E-state index >= 15 is 0 Å². The van der Waals surface area contributed by atoms with Crippen LogP contribution in [0.3, 0.4) is 0 Å². The number of carbonyl (C=O) groups excluding carboxylic acids is 2. The first-order chi connectivity index (χ1) is 15.2. The fraction of sp³-hybridized carbons (Fsp3) is 0.292.